The second-order valence-electron chi connectivity index (χ2n) is 6.37. The van der Waals surface area contributed by atoms with Crippen molar-refractivity contribution in [1.29, 1.82) is 0 Å². The molecule has 0 aliphatic carbocycles. The summed E-state index contributed by atoms with van der Waals surface area (Å²) in [6.07, 6.45) is 0. The van der Waals surface area contributed by atoms with Gasteiger partial charge in [0.1, 0.15) is 5.75 Å². The van der Waals surface area contributed by atoms with Crippen LogP contribution in [0.3, 0.4) is 0 Å². The molecule has 0 saturated carbocycles. The Morgan fingerprint density at radius 1 is 0.862 bits per heavy atom. The standard InChI is InChI=1S/C20H21ClN6O2/c1-28-17-8-6-16(7-9-17)23-19-24-18(22-15-4-2-14(21)3-5-15)25-20(26-19)27-10-12-29-13-11-27/h2-9H,10-13H2,1H3,(H2,22,23,24,25,26). The monoisotopic (exact) mass is 412 g/mol. The molecule has 3 aromatic rings. The lowest BCUT2D eigenvalue weighted by Gasteiger charge is -2.27. The van der Waals surface area contributed by atoms with Gasteiger partial charge >= 0.3 is 0 Å². The number of benzene rings is 2. The normalized spacial score (nSPS) is 13.8. The highest BCUT2D eigenvalue weighted by atomic mass is 35.5. The highest BCUT2D eigenvalue weighted by molar-refractivity contribution is 6.30. The van der Waals surface area contributed by atoms with Crippen LogP contribution < -0.4 is 20.3 Å². The highest BCUT2D eigenvalue weighted by Gasteiger charge is 2.17. The summed E-state index contributed by atoms with van der Waals surface area (Å²) in [5.74, 6) is 2.27. The average Bonchev–Trinajstić information content (AvgIpc) is 2.76. The van der Waals surface area contributed by atoms with Crippen LogP contribution in [0.4, 0.5) is 29.2 Å². The van der Waals surface area contributed by atoms with Crippen molar-refractivity contribution in [3.63, 3.8) is 0 Å². The van der Waals surface area contributed by atoms with E-state index in [1.807, 2.05) is 48.5 Å². The van der Waals surface area contributed by atoms with Gasteiger partial charge in [-0.1, -0.05) is 11.6 Å². The summed E-state index contributed by atoms with van der Waals surface area (Å²) in [5, 5.41) is 7.12. The zero-order valence-corrected chi connectivity index (χ0v) is 16.7. The average molecular weight is 413 g/mol. The summed E-state index contributed by atoms with van der Waals surface area (Å²) < 4.78 is 10.6. The van der Waals surface area contributed by atoms with E-state index in [0.29, 0.717) is 36.1 Å². The van der Waals surface area contributed by atoms with Gasteiger partial charge in [-0.2, -0.15) is 15.0 Å². The Hall–Kier alpha value is -3.10. The van der Waals surface area contributed by atoms with Crippen LogP contribution in [0, 0.1) is 0 Å². The maximum atomic E-state index is 5.97. The summed E-state index contributed by atoms with van der Waals surface area (Å²) in [6, 6.07) is 14.9. The Kier molecular flexibility index (Phi) is 5.92. The first kappa shape index (κ1) is 19.2. The Labute approximate surface area is 173 Å². The quantitative estimate of drug-likeness (QED) is 0.631. The number of halogens is 1. The minimum atomic E-state index is 0.444. The molecule has 2 heterocycles. The third-order valence-corrected chi connectivity index (χ3v) is 4.62. The molecule has 1 aliphatic rings. The van der Waals surface area contributed by atoms with Gasteiger partial charge in [0.15, 0.2) is 0 Å². The molecule has 1 aliphatic heterocycles. The molecule has 2 aromatic carbocycles. The van der Waals surface area contributed by atoms with Gasteiger partial charge < -0.3 is 25.0 Å². The van der Waals surface area contributed by atoms with Gasteiger partial charge in [-0.05, 0) is 48.5 Å². The van der Waals surface area contributed by atoms with Gasteiger partial charge in [0, 0.05) is 29.5 Å². The van der Waals surface area contributed by atoms with E-state index in [-0.39, 0.29) is 0 Å². The fourth-order valence-electron chi connectivity index (χ4n) is 2.85. The van der Waals surface area contributed by atoms with Gasteiger partial charge in [-0.25, -0.2) is 0 Å². The zero-order valence-electron chi connectivity index (χ0n) is 15.9. The van der Waals surface area contributed by atoms with E-state index < -0.39 is 0 Å². The third-order valence-electron chi connectivity index (χ3n) is 4.36. The number of nitrogens with zero attached hydrogens (tertiary/aromatic N) is 4. The minimum absolute atomic E-state index is 0.444. The molecule has 0 bridgehead atoms. The van der Waals surface area contributed by atoms with E-state index in [4.69, 9.17) is 21.1 Å². The molecular formula is C20H21ClN6O2. The molecule has 0 radical (unpaired) electrons. The molecule has 1 aromatic heterocycles. The topological polar surface area (TPSA) is 84.4 Å². The Balaban J connectivity index is 1.61. The smallest absolute Gasteiger partial charge is 0.233 e. The molecule has 150 valence electrons. The molecule has 8 nitrogen and oxygen atoms in total. The van der Waals surface area contributed by atoms with Gasteiger partial charge in [0.2, 0.25) is 17.8 Å². The summed E-state index contributed by atoms with van der Waals surface area (Å²) in [4.78, 5) is 15.8. The van der Waals surface area contributed by atoms with Crippen LogP contribution in [-0.2, 0) is 4.74 Å². The van der Waals surface area contributed by atoms with Crippen molar-refractivity contribution in [2.75, 3.05) is 48.9 Å². The van der Waals surface area contributed by atoms with Gasteiger partial charge in [-0.3, -0.25) is 0 Å². The maximum absolute atomic E-state index is 5.97. The summed E-state index contributed by atoms with van der Waals surface area (Å²) in [5.41, 5.74) is 1.69. The number of hydrogen-bond acceptors (Lipinski definition) is 8. The second-order valence-corrected chi connectivity index (χ2v) is 6.80. The molecular weight excluding hydrogens is 392 g/mol. The molecule has 0 spiro atoms. The fraction of sp³-hybridized carbons (Fsp3) is 0.250. The maximum Gasteiger partial charge on any atom is 0.233 e. The molecule has 4 rings (SSSR count). The van der Waals surface area contributed by atoms with Crippen molar-refractivity contribution in [1.82, 2.24) is 15.0 Å². The Morgan fingerprint density at radius 3 is 1.97 bits per heavy atom. The number of hydrogen-bond donors (Lipinski definition) is 2. The van der Waals surface area contributed by atoms with Crippen molar-refractivity contribution in [3.8, 4) is 5.75 Å². The van der Waals surface area contributed by atoms with Crippen LogP contribution in [0.25, 0.3) is 0 Å². The van der Waals surface area contributed by atoms with Crippen LogP contribution in [0.15, 0.2) is 48.5 Å². The predicted molar refractivity (Wildman–Crippen MR) is 114 cm³/mol. The largest absolute Gasteiger partial charge is 0.497 e. The first-order chi connectivity index (χ1) is 14.2. The van der Waals surface area contributed by atoms with E-state index in [2.05, 4.69) is 30.5 Å². The van der Waals surface area contributed by atoms with Crippen molar-refractivity contribution in [2.24, 2.45) is 0 Å². The number of aromatic nitrogens is 3. The number of morpholine rings is 1. The Bertz CT molecular complexity index is 946. The van der Waals surface area contributed by atoms with Crippen LogP contribution >= 0.6 is 11.6 Å². The lowest BCUT2D eigenvalue weighted by molar-refractivity contribution is 0.122. The van der Waals surface area contributed by atoms with Crippen molar-refractivity contribution < 1.29 is 9.47 Å². The number of ether oxygens (including phenoxy) is 2. The van der Waals surface area contributed by atoms with Crippen molar-refractivity contribution in [2.45, 2.75) is 0 Å². The third kappa shape index (κ3) is 5.04. The zero-order chi connectivity index (χ0) is 20.1. The van der Waals surface area contributed by atoms with E-state index in [0.717, 1.165) is 30.2 Å². The van der Waals surface area contributed by atoms with Gasteiger partial charge in [-0.15, -0.1) is 0 Å². The summed E-state index contributed by atoms with van der Waals surface area (Å²) in [7, 11) is 1.64. The lowest BCUT2D eigenvalue weighted by Crippen LogP contribution is -2.37. The van der Waals surface area contributed by atoms with Gasteiger partial charge in [0.25, 0.3) is 0 Å². The Morgan fingerprint density at radius 2 is 1.41 bits per heavy atom. The van der Waals surface area contributed by atoms with Crippen LogP contribution in [0.2, 0.25) is 5.02 Å². The van der Waals surface area contributed by atoms with Crippen molar-refractivity contribution >= 4 is 40.8 Å². The first-order valence-corrected chi connectivity index (χ1v) is 9.60. The molecule has 2 N–H and O–H groups in total. The summed E-state index contributed by atoms with van der Waals surface area (Å²) >= 11 is 5.97. The van der Waals surface area contributed by atoms with Crippen molar-refractivity contribution in [3.05, 3.63) is 53.6 Å². The van der Waals surface area contributed by atoms with E-state index >= 15 is 0 Å². The highest BCUT2D eigenvalue weighted by Crippen LogP contribution is 2.23. The van der Waals surface area contributed by atoms with Crippen LogP contribution in [-0.4, -0.2) is 48.4 Å². The number of nitrogens with one attached hydrogen (secondary N) is 2. The number of anilines is 5. The second kappa shape index (κ2) is 8.93. The van der Waals surface area contributed by atoms with Gasteiger partial charge in [0.05, 0.1) is 20.3 Å². The van der Waals surface area contributed by atoms with E-state index in [1.54, 1.807) is 7.11 Å². The molecule has 9 heteroatoms. The number of methoxy groups -OCH3 is 1. The minimum Gasteiger partial charge on any atom is -0.497 e. The molecule has 0 unspecified atom stereocenters. The first-order valence-electron chi connectivity index (χ1n) is 9.22. The molecule has 1 saturated heterocycles. The lowest BCUT2D eigenvalue weighted by atomic mass is 10.3. The fourth-order valence-corrected chi connectivity index (χ4v) is 2.97. The molecule has 0 atom stereocenters. The predicted octanol–water partition coefficient (Wildman–Crippen LogP) is 3.86. The number of rotatable bonds is 6. The molecule has 1 fully saturated rings. The molecule has 29 heavy (non-hydrogen) atoms. The SMILES string of the molecule is COc1ccc(Nc2nc(Nc3ccc(Cl)cc3)nc(N3CCOCC3)n2)cc1. The summed E-state index contributed by atoms with van der Waals surface area (Å²) in [6.45, 7) is 2.75. The van der Waals surface area contributed by atoms with Crippen LogP contribution in [0.5, 0.6) is 5.75 Å². The molecule has 0 amide bonds. The van der Waals surface area contributed by atoms with E-state index in [9.17, 15) is 0 Å². The van der Waals surface area contributed by atoms with E-state index in [1.165, 1.54) is 0 Å². The van der Waals surface area contributed by atoms with Crippen LogP contribution in [0.1, 0.15) is 0 Å².